The molecular weight excluding hydrogens is 376 g/mol. The summed E-state index contributed by atoms with van der Waals surface area (Å²) in [6.45, 7) is 8.45. The molecule has 0 saturated heterocycles. The predicted molar refractivity (Wildman–Crippen MR) is 118 cm³/mol. The summed E-state index contributed by atoms with van der Waals surface area (Å²) in [6, 6.07) is 14.4. The largest absolute Gasteiger partial charge is 0.340 e. The van der Waals surface area contributed by atoms with Gasteiger partial charge in [0.25, 0.3) is 5.91 Å². The van der Waals surface area contributed by atoms with Crippen LogP contribution < -0.4 is 10.6 Å². The van der Waals surface area contributed by atoms with E-state index in [1.54, 1.807) is 12.3 Å². The number of anilines is 1. The third kappa shape index (κ3) is 5.35. The monoisotopic (exact) mass is 404 g/mol. The summed E-state index contributed by atoms with van der Waals surface area (Å²) in [5.41, 5.74) is 3.36. The van der Waals surface area contributed by atoms with E-state index in [1.807, 2.05) is 76.4 Å². The van der Waals surface area contributed by atoms with Crippen LogP contribution in [0.15, 0.2) is 60.9 Å². The van der Waals surface area contributed by atoms with Gasteiger partial charge < -0.3 is 15.2 Å². The van der Waals surface area contributed by atoms with Gasteiger partial charge in [0.2, 0.25) is 5.91 Å². The molecule has 1 heterocycles. The van der Waals surface area contributed by atoms with E-state index in [-0.39, 0.29) is 17.7 Å². The van der Waals surface area contributed by atoms with Gasteiger partial charge in [-0.15, -0.1) is 0 Å². The molecule has 0 saturated carbocycles. The van der Waals surface area contributed by atoms with E-state index in [0.717, 1.165) is 23.5 Å². The molecule has 0 spiro atoms. The molecule has 3 rings (SSSR count). The van der Waals surface area contributed by atoms with Crippen LogP contribution in [0, 0.1) is 19.8 Å². The molecule has 0 bridgehead atoms. The molecule has 2 amide bonds. The first kappa shape index (κ1) is 21.3. The number of hydrogen-bond donors (Lipinski definition) is 2. The van der Waals surface area contributed by atoms with Gasteiger partial charge in [-0.25, -0.2) is 4.98 Å². The maximum atomic E-state index is 12.8. The number of nitrogens with zero attached hydrogens (tertiary/aromatic N) is 2. The number of aryl methyl sites for hydroxylation is 2. The zero-order valence-corrected chi connectivity index (χ0v) is 17.8. The lowest BCUT2D eigenvalue weighted by molar-refractivity contribution is -0.118. The average Bonchev–Trinajstić information content (AvgIpc) is 3.11. The first-order valence-corrected chi connectivity index (χ1v) is 10.1. The summed E-state index contributed by atoms with van der Waals surface area (Å²) in [6.07, 6.45) is 3.72. The van der Waals surface area contributed by atoms with Gasteiger partial charge in [0.05, 0.1) is 0 Å². The van der Waals surface area contributed by atoms with Gasteiger partial charge in [0.1, 0.15) is 11.9 Å². The van der Waals surface area contributed by atoms with Crippen molar-refractivity contribution in [3.8, 4) is 0 Å². The fourth-order valence-electron chi connectivity index (χ4n) is 3.23. The quantitative estimate of drug-likeness (QED) is 0.626. The molecule has 2 aromatic carbocycles. The lowest BCUT2D eigenvalue weighted by atomic mass is 10.0. The van der Waals surface area contributed by atoms with Gasteiger partial charge in [-0.05, 0) is 49.6 Å². The number of rotatable bonds is 7. The Balaban J connectivity index is 1.64. The molecule has 6 heteroatoms. The maximum absolute atomic E-state index is 12.8. The number of amides is 2. The third-order valence-corrected chi connectivity index (χ3v) is 5.01. The minimum Gasteiger partial charge on any atom is -0.340 e. The standard InChI is InChI=1S/C24H28N4O2/c1-16(2)22(27-23(29)20-7-5-6-17(3)14-20)24(30)26-21-10-8-19(9-11-21)15-28-13-12-25-18(28)4/h5-14,16,22H,15H2,1-4H3,(H,26,30)(H,27,29). The van der Waals surface area contributed by atoms with E-state index in [0.29, 0.717) is 11.3 Å². The van der Waals surface area contributed by atoms with E-state index in [4.69, 9.17) is 0 Å². The van der Waals surface area contributed by atoms with E-state index >= 15 is 0 Å². The zero-order chi connectivity index (χ0) is 21.7. The van der Waals surface area contributed by atoms with Crippen LogP contribution in [0.1, 0.15) is 41.2 Å². The number of nitrogens with one attached hydrogen (secondary N) is 2. The first-order chi connectivity index (χ1) is 14.3. The average molecular weight is 405 g/mol. The van der Waals surface area contributed by atoms with Crippen molar-refractivity contribution >= 4 is 17.5 Å². The van der Waals surface area contributed by atoms with Gasteiger partial charge in [0, 0.05) is 30.2 Å². The molecule has 0 radical (unpaired) electrons. The molecule has 0 aliphatic carbocycles. The van der Waals surface area contributed by atoms with Gasteiger partial charge in [-0.3, -0.25) is 9.59 Å². The van der Waals surface area contributed by atoms with Crippen LogP contribution in [-0.4, -0.2) is 27.4 Å². The van der Waals surface area contributed by atoms with E-state index in [2.05, 4.69) is 20.2 Å². The second-order valence-corrected chi connectivity index (χ2v) is 7.85. The summed E-state index contributed by atoms with van der Waals surface area (Å²) in [7, 11) is 0. The van der Waals surface area contributed by atoms with Crippen LogP contribution in [0.4, 0.5) is 5.69 Å². The number of hydrogen-bond acceptors (Lipinski definition) is 3. The van der Waals surface area contributed by atoms with Crippen LogP contribution in [0.25, 0.3) is 0 Å². The number of carbonyl (C=O) groups is 2. The minimum atomic E-state index is -0.633. The summed E-state index contributed by atoms with van der Waals surface area (Å²) < 4.78 is 2.06. The molecule has 6 nitrogen and oxygen atoms in total. The molecule has 156 valence electrons. The van der Waals surface area contributed by atoms with Crippen molar-refractivity contribution in [1.29, 1.82) is 0 Å². The highest BCUT2D eigenvalue weighted by atomic mass is 16.2. The Morgan fingerprint density at radius 3 is 2.40 bits per heavy atom. The first-order valence-electron chi connectivity index (χ1n) is 10.1. The van der Waals surface area contributed by atoms with E-state index in [9.17, 15) is 9.59 Å². The summed E-state index contributed by atoms with van der Waals surface area (Å²) in [4.78, 5) is 29.7. The minimum absolute atomic E-state index is 0.0535. The van der Waals surface area contributed by atoms with Gasteiger partial charge in [-0.2, -0.15) is 0 Å². The second-order valence-electron chi connectivity index (χ2n) is 7.85. The lowest BCUT2D eigenvalue weighted by Gasteiger charge is -2.22. The number of aromatic nitrogens is 2. The molecule has 0 aliphatic rings. The SMILES string of the molecule is Cc1cccc(C(=O)NC(C(=O)Nc2ccc(Cn3ccnc3C)cc2)C(C)C)c1. The molecule has 3 aromatic rings. The highest BCUT2D eigenvalue weighted by Gasteiger charge is 2.24. The van der Waals surface area contributed by atoms with E-state index in [1.165, 1.54) is 0 Å². The molecule has 0 fully saturated rings. The van der Waals surface area contributed by atoms with Gasteiger partial charge in [0.15, 0.2) is 0 Å². The van der Waals surface area contributed by atoms with Crippen molar-refractivity contribution in [2.45, 2.75) is 40.3 Å². The fourth-order valence-corrected chi connectivity index (χ4v) is 3.23. The van der Waals surface area contributed by atoms with Crippen LogP contribution in [0.3, 0.4) is 0 Å². The number of carbonyl (C=O) groups excluding carboxylic acids is 2. The fraction of sp³-hybridized carbons (Fsp3) is 0.292. The summed E-state index contributed by atoms with van der Waals surface area (Å²) in [5.74, 6) is 0.418. The van der Waals surface area contributed by atoms with Crippen LogP contribution in [0.5, 0.6) is 0 Å². The molecule has 1 aromatic heterocycles. The highest BCUT2D eigenvalue weighted by molar-refractivity contribution is 6.01. The van der Waals surface area contributed by atoms with Crippen molar-refractivity contribution in [3.05, 3.63) is 83.4 Å². The van der Waals surface area contributed by atoms with Crippen molar-refractivity contribution < 1.29 is 9.59 Å². The highest BCUT2D eigenvalue weighted by Crippen LogP contribution is 2.14. The molecule has 2 N–H and O–H groups in total. The Morgan fingerprint density at radius 2 is 1.80 bits per heavy atom. The molecule has 0 aliphatic heterocycles. The Labute approximate surface area is 177 Å². The predicted octanol–water partition coefficient (Wildman–Crippen LogP) is 3.94. The number of benzene rings is 2. The third-order valence-electron chi connectivity index (χ3n) is 5.01. The molecule has 1 unspecified atom stereocenters. The summed E-state index contributed by atoms with van der Waals surface area (Å²) >= 11 is 0. The number of imidazole rings is 1. The Kier molecular flexibility index (Phi) is 6.67. The summed E-state index contributed by atoms with van der Waals surface area (Å²) in [5, 5.41) is 5.78. The van der Waals surface area contributed by atoms with Crippen LogP contribution in [-0.2, 0) is 11.3 Å². The van der Waals surface area contributed by atoms with Crippen molar-refractivity contribution in [2.75, 3.05) is 5.32 Å². The molecule has 30 heavy (non-hydrogen) atoms. The lowest BCUT2D eigenvalue weighted by Crippen LogP contribution is -2.47. The molecule has 1 atom stereocenters. The molecular formula is C24H28N4O2. The van der Waals surface area contributed by atoms with Gasteiger partial charge in [-0.1, -0.05) is 43.7 Å². The van der Waals surface area contributed by atoms with Crippen molar-refractivity contribution in [1.82, 2.24) is 14.9 Å². The second kappa shape index (κ2) is 9.39. The Bertz CT molecular complexity index is 1020. The normalized spacial score (nSPS) is 11.9. The van der Waals surface area contributed by atoms with Crippen LogP contribution >= 0.6 is 0 Å². The van der Waals surface area contributed by atoms with Crippen molar-refractivity contribution in [3.63, 3.8) is 0 Å². The maximum Gasteiger partial charge on any atom is 0.251 e. The van der Waals surface area contributed by atoms with E-state index < -0.39 is 6.04 Å². The van der Waals surface area contributed by atoms with Gasteiger partial charge >= 0.3 is 0 Å². The zero-order valence-electron chi connectivity index (χ0n) is 17.8. The Hall–Kier alpha value is -3.41. The topological polar surface area (TPSA) is 76.0 Å². The Morgan fingerprint density at radius 1 is 1.07 bits per heavy atom. The smallest absolute Gasteiger partial charge is 0.251 e. The van der Waals surface area contributed by atoms with Crippen LogP contribution in [0.2, 0.25) is 0 Å². The van der Waals surface area contributed by atoms with Crippen molar-refractivity contribution in [2.24, 2.45) is 5.92 Å².